The van der Waals surface area contributed by atoms with Crippen molar-refractivity contribution in [3.8, 4) is 0 Å². The molecule has 0 N–H and O–H groups in total. The van der Waals surface area contributed by atoms with E-state index in [1.807, 2.05) is 19.6 Å². The highest BCUT2D eigenvalue weighted by atomic mass is 28.4. The highest BCUT2D eigenvalue weighted by Gasteiger charge is 2.45. The van der Waals surface area contributed by atoms with Crippen LogP contribution in [-0.2, 0) is 26.9 Å². The first kappa shape index (κ1) is 31.4. The zero-order chi connectivity index (χ0) is 25.1. The molecule has 0 aliphatic carbocycles. The predicted octanol–water partition coefficient (Wildman–Crippen LogP) is 5.88. The van der Waals surface area contributed by atoms with Crippen molar-refractivity contribution >= 4 is 47.6 Å². The second kappa shape index (κ2) is 11.2. The lowest BCUT2D eigenvalue weighted by atomic mass is 10.1. The van der Waals surface area contributed by atoms with Crippen LogP contribution in [0.5, 0.6) is 0 Å². The maximum atomic E-state index is 13.4. The lowest BCUT2D eigenvalue weighted by molar-refractivity contribution is -0.153. The van der Waals surface area contributed by atoms with Crippen LogP contribution in [0.2, 0.25) is 98.2 Å². The van der Waals surface area contributed by atoms with E-state index in [0.717, 1.165) is 0 Å². The Kier molecular flexibility index (Phi) is 11.4. The van der Waals surface area contributed by atoms with E-state index in [0.29, 0.717) is 6.61 Å². The van der Waals surface area contributed by atoms with Crippen molar-refractivity contribution in [2.75, 3.05) is 6.61 Å². The molecule has 0 radical (unpaired) electrons. The third kappa shape index (κ3) is 16.6. The minimum absolute atomic E-state index is 0.331. The molecule has 31 heavy (non-hydrogen) atoms. The van der Waals surface area contributed by atoms with Crippen LogP contribution in [-0.4, -0.2) is 72.5 Å². The highest BCUT2D eigenvalue weighted by Crippen LogP contribution is 2.26. The van der Waals surface area contributed by atoms with E-state index in [1.165, 1.54) is 0 Å². The summed E-state index contributed by atoms with van der Waals surface area (Å²) in [5.41, 5.74) is 0. The van der Waals surface area contributed by atoms with Gasteiger partial charge in [-0.1, -0.05) is 0 Å². The van der Waals surface area contributed by atoms with Crippen LogP contribution in [0.4, 0.5) is 0 Å². The molecular weight excluding hydrogens is 477 g/mol. The molecule has 186 valence electrons. The number of hydrogen-bond donors (Lipinski definition) is 0. The quantitative estimate of drug-likeness (QED) is 0.279. The average molecular weight is 527 g/mol. The van der Waals surface area contributed by atoms with Crippen molar-refractivity contribution in [1.29, 1.82) is 0 Å². The van der Waals surface area contributed by atoms with E-state index in [4.69, 9.17) is 22.1 Å². The second-order valence-corrected chi connectivity index (χ2v) is 35.4. The molecule has 1 unspecified atom stereocenters. The molecule has 0 bridgehead atoms. The molecule has 0 aromatic carbocycles. The van der Waals surface area contributed by atoms with Gasteiger partial charge in [-0.25, -0.2) is 0 Å². The SMILES string of the molecule is C[Si](C)(C)OC[C@H](O[Si](C)(C)C)[C@@H](O[Si](C)(C)C)C(O[Si](C)(C)C)C(=O)O[Si](C)(C)C. The van der Waals surface area contributed by atoms with Crippen LogP contribution in [0, 0.1) is 0 Å². The average Bonchev–Trinajstić information content (AvgIpc) is 2.41. The molecule has 0 heterocycles. The van der Waals surface area contributed by atoms with Crippen LogP contribution in [0.1, 0.15) is 0 Å². The van der Waals surface area contributed by atoms with Crippen LogP contribution in [0.25, 0.3) is 0 Å². The van der Waals surface area contributed by atoms with Gasteiger partial charge in [0.1, 0.15) is 6.10 Å². The van der Waals surface area contributed by atoms with Crippen molar-refractivity contribution in [3.63, 3.8) is 0 Å². The van der Waals surface area contributed by atoms with E-state index in [2.05, 4.69) is 78.6 Å². The van der Waals surface area contributed by atoms with Crippen LogP contribution < -0.4 is 0 Å². The minimum Gasteiger partial charge on any atom is -0.518 e. The van der Waals surface area contributed by atoms with Gasteiger partial charge < -0.3 is 22.1 Å². The Labute approximate surface area is 197 Å². The summed E-state index contributed by atoms with van der Waals surface area (Å²) in [4.78, 5) is 13.4. The summed E-state index contributed by atoms with van der Waals surface area (Å²) in [5.74, 6) is -0.331. The molecule has 0 fully saturated rings. The van der Waals surface area contributed by atoms with Crippen molar-refractivity contribution < 1.29 is 26.9 Å². The second-order valence-electron chi connectivity index (χ2n) is 13.1. The van der Waals surface area contributed by atoms with Gasteiger partial charge in [0.25, 0.3) is 0 Å². The molecular formula is C20H50O6Si5. The summed E-state index contributed by atoms with van der Waals surface area (Å²) >= 11 is 0. The largest absolute Gasteiger partial charge is 0.518 e. The minimum atomic E-state index is -2.11. The molecule has 3 atom stereocenters. The first-order valence-electron chi connectivity index (χ1n) is 11.3. The molecule has 0 aliphatic rings. The standard InChI is InChI=1S/C20H50O6Si5/c1-27(2,3)22-16-17(23-28(4,5)6)18(24-29(7,8)9)19(25-30(10,11)12)20(21)26-31(13,14)15/h17-19H,16H2,1-15H3/t17-,18+,19?/m0/s1. The van der Waals surface area contributed by atoms with E-state index < -0.39 is 53.8 Å². The Bertz CT molecular complexity index is 567. The third-order valence-electron chi connectivity index (χ3n) is 3.46. The maximum absolute atomic E-state index is 13.4. The van der Waals surface area contributed by atoms with Gasteiger partial charge in [-0.2, -0.15) is 0 Å². The van der Waals surface area contributed by atoms with Gasteiger partial charge in [-0.3, -0.25) is 4.79 Å². The first-order chi connectivity index (χ1) is 13.4. The van der Waals surface area contributed by atoms with Gasteiger partial charge in [-0.15, -0.1) is 0 Å². The summed E-state index contributed by atoms with van der Waals surface area (Å²) in [6.07, 6.45) is -1.78. The fourth-order valence-electron chi connectivity index (χ4n) is 2.71. The first-order valence-corrected chi connectivity index (χ1v) is 28.3. The summed E-state index contributed by atoms with van der Waals surface area (Å²) < 4.78 is 31.9. The highest BCUT2D eigenvalue weighted by molar-refractivity contribution is 6.72. The van der Waals surface area contributed by atoms with Gasteiger partial charge in [0.05, 0.1) is 12.7 Å². The Hall–Kier alpha value is 0.394. The fourth-order valence-corrected chi connectivity index (χ4v) is 7.29. The maximum Gasteiger partial charge on any atom is 0.323 e. The Morgan fingerprint density at radius 1 is 0.581 bits per heavy atom. The predicted molar refractivity (Wildman–Crippen MR) is 143 cm³/mol. The summed E-state index contributed by atoms with van der Waals surface area (Å²) in [6, 6.07) is 0. The Morgan fingerprint density at radius 3 is 1.32 bits per heavy atom. The number of rotatable bonds is 13. The molecule has 0 aliphatic heterocycles. The van der Waals surface area contributed by atoms with Crippen molar-refractivity contribution in [2.24, 2.45) is 0 Å². The third-order valence-corrected chi connectivity index (χ3v) is 8.26. The van der Waals surface area contributed by atoms with Crippen LogP contribution in [0.15, 0.2) is 0 Å². The Balaban J connectivity index is 6.35. The van der Waals surface area contributed by atoms with E-state index in [-0.39, 0.29) is 12.1 Å². The smallest absolute Gasteiger partial charge is 0.323 e. The molecule has 0 aromatic heterocycles. The van der Waals surface area contributed by atoms with Crippen molar-refractivity contribution in [2.45, 2.75) is 117 Å². The molecule has 0 spiro atoms. The van der Waals surface area contributed by atoms with Gasteiger partial charge in [0.2, 0.25) is 8.32 Å². The van der Waals surface area contributed by atoms with Crippen molar-refractivity contribution in [3.05, 3.63) is 0 Å². The number of hydrogen-bond acceptors (Lipinski definition) is 6. The molecule has 0 rings (SSSR count). The summed E-state index contributed by atoms with van der Waals surface area (Å²) in [6.45, 7) is 32.0. The van der Waals surface area contributed by atoms with Gasteiger partial charge >= 0.3 is 5.97 Å². The zero-order valence-electron chi connectivity index (χ0n) is 22.9. The normalized spacial score (nSPS) is 17.3. The van der Waals surface area contributed by atoms with E-state index in [9.17, 15) is 4.79 Å². The molecule has 0 saturated heterocycles. The fraction of sp³-hybridized carbons (Fsp3) is 0.950. The summed E-state index contributed by atoms with van der Waals surface area (Å²) in [7, 11) is -10.00. The Morgan fingerprint density at radius 2 is 1.00 bits per heavy atom. The zero-order valence-corrected chi connectivity index (χ0v) is 27.9. The lowest BCUT2D eigenvalue weighted by Gasteiger charge is -2.41. The van der Waals surface area contributed by atoms with E-state index >= 15 is 0 Å². The topological polar surface area (TPSA) is 63.2 Å². The molecule has 6 nitrogen and oxygen atoms in total. The van der Waals surface area contributed by atoms with Crippen LogP contribution >= 0.6 is 0 Å². The van der Waals surface area contributed by atoms with Crippen molar-refractivity contribution in [1.82, 2.24) is 0 Å². The molecule has 0 saturated carbocycles. The monoisotopic (exact) mass is 526 g/mol. The molecule has 0 aromatic rings. The van der Waals surface area contributed by atoms with E-state index in [1.54, 1.807) is 0 Å². The summed E-state index contributed by atoms with van der Waals surface area (Å²) in [5, 5.41) is 0. The molecule has 11 heteroatoms. The van der Waals surface area contributed by atoms with Crippen LogP contribution in [0.3, 0.4) is 0 Å². The molecule has 0 amide bonds. The number of carbonyl (C=O) groups is 1. The van der Waals surface area contributed by atoms with Gasteiger partial charge in [-0.05, 0) is 98.2 Å². The van der Waals surface area contributed by atoms with Gasteiger partial charge in [0, 0.05) is 0 Å². The number of carbonyl (C=O) groups excluding carboxylic acids is 1. The van der Waals surface area contributed by atoms with Gasteiger partial charge in [0.15, 0.2) is 39.4 Å². The lowest BCUT2D eigenvalue weighted by Crippen LogP contribution is -2.58.